The molecular formula is C21H15N3O2S. The molecule has 27 heavy (non-hydrogen) atoms. The molecule has 0 fully saturated rings. The standard InChI is InChI=1S/C21H15N3O2S/c25-21-23-18(13-7-2-1-3-8-13)17(19(24-21)15-10-6-12-26-15)20-22-14-9-4-5-11-16(14)27-20/h1-12,19H,(H2,23,24,25). The second-order valence-corrected chi connectivity index (χ2v) is 7.22. The third-order valence-corrected chi connectivity index (χ3v) is 5.56. The summed E-state index contributed by atoms with van der Waals surface area (Å²) < 4.78 is 6.73. The van der Waals surface area contributed by atoms with Gasteiger partial charge in [-0.1, -0.05) is 42.5 Å². The summed E-state index contributed by atoms with van der Waals surface area (Å²) in [6, 6.07) is 20.9. The van der Waals surface area contributed by atoms with Gasteiger partial charge in [-0.15, -0.1) is 11.3 Å². The highest BCUT2D eigenvalue weighted by atomic mass is 32.1. The molecule has 0 saturated carbocycles. The zero-order valence-electron chi connectivity index (χ0n) is 14.2. The summed E-state index contributed by atoms with van der Waals surface area (Å²) in [6.07, 6.45) is 1.61. The van der Waals surface area contributed by atoms with Crippen molar-refractivity contribution < 1.29 is 9.21 Å². The Morgan fingerprint density at radius 1 is 0.963 bits per heavy atom. The van der Waals surface area contributed by atoms with Crippen molar-refractivity contribution in [3.05, 3.63) is 89.3 Å². The highest BCUT2D eigenvalue weighted by Gasteiger charge is 2.33. The number of nitrogens with one attached hydrogen (secondary N) is 2. The Morgan fingerprint density at radius 2 is 1.78 bits per heavy atom. The average molecular weight is 373 g/mol. The molecule has 6 heteroatoms. The van der Waals surface area contributed by atoms with Gasteiger partial charge >= 0.3 is 6.03 Å². The minimum atomic E-state index is -0.412. The quantitative estimate of drug-likeness (QED) is 0.541. The molecule has 1 atom stereocenters. The number of hydrogen-bond acceptors (Lipinski definition) is 4. The maximum absolute atomic E-state index is 12.4. The second kappa shape index (κ2) is 6.41. The van der Waals surface area contributed by atoms with Crippen molar-refractivity contribution in [2.24, 2.45) is 0 Å². The number of thiazole rings is 1. The first-order valence-corrected chi connectivity index (χ1v) is 9.38. The van der Waals surface area contributed by atoms with E-state index in [4.69, 9.17) is 9.40 Å². The lowest BCUT2D eigenvalue weighted by Gasteiger charge is -2.28. The highest BCUT2D eigenvalue weighted by molar-refractivity contribution is 7.19. The van der Waals surface area contributed by atoms with Crippen LogP contribution in [0, 0.1) is 0 Å². The van der Waals surface area contributed by atoms with Gasteiger partial charge in [0.05, 0.1) is 22.2 Å². The summed E-state index contributed by atoms with van der Waals surface area (Å²) in [5.74, 6) is 0.674. The van der Waals surface area contributed by atoms with Gasteiger partial charge < -0.3 is 15.1 Å². The van der Waals surface area contributed by atoms with E-state index >= 15 is 0 Å². The van der Waals surface area contributed by atoms with Crippen molar-refractivity contribution in [3.8, 4) is 0 Å². The molecule has 0 saturated heterocycles. The summed E-state index contributed by atoms with van der Waals surface area (Å²) in [5, 5.41) is 6.80. The SMILES string of the molecule is O=C1NC(c2ccccc2)=C(c2nc3ccccc3s2)C(c2ccco2)N1. The zero-order valence-corrected chi connectivity index (χ0v) is 15.0. The molecule has 5 nitrogen and oxygen atoms in total. The van der Waals surface area contributed by atoms with Crippen molar-refractivity contribution >= 4 is 38.9 Å². The number of fused-ring (bicyclic) bond motifs is 1. The molecule has 0 bridgehead atoms. The fourth-order valence-corrected chi connectivity index (χ4v) is 4.33. The summed E-state index contributed by atoms with van der Waals surface area (Å²) in [4.78, 5) is 17.2. The van der Waals surface area contributed by atoms with Gasteiger partial charge in [0.2, 0.25) is 0 Å². The van der Waals surface area contributed by atoms with Crippen molar-refractivity contribution in [3.63, 3.8) is 0 Å². The maximum atomic E-state index is 12.4. The van der Waals surface area contributed by atoms with Crippen molar-refractivity contribution in [1.82, 2.24) is 15.6 Å². The van der Waals surface area contributed by atoms with Crippen molar-refractivity contribution in [2.45, 2.75) is 6.04 Å². The smallest absolute Gasteiger partial charge is 0.320 e. The van der Waals surface area contributed by atoms with Crippen LogP contribution in [0.15, 0.2) is 77.4 Å². The normalized spacial score (nSPS) is 17.0. The van der Waals surface area contributed by atoms with Crippen LogP contribution in [0.5, 0.6) is 0 Å². The van der Waals surface area contributed by atoms with Gasteiger partial charge in [0.1, 0.15) is 16.8 Å². The molecule has 0 spiro atoms. The molecule has 0 radical (unpaired) electrons. The Morgan fingerprint density at radius 3 is 2.56 bits per heavy atom. The summed E-state index contributed by atoms with van der Waals surface area (Å²) in [5.41, 5.74) is 3.52. The van der Waals surface area contributed by atoms with E-state index in [9.17, 15) is 4.79 Å². The molecule has 2 aromatic heterocycles. The minimum Gasteiger partial charge on any atom is -0.467 e. The van der Waals surface area contributed by atoms with Gasteiger partial charge in [-0.2, -0.15) is 0 Å². The number of carbonyl (C=O) groups excluding carboxylic acids is 1. The first-order chi connectivity index (χ1) is 13.3. The number of nitrogens with zero attached hydrogens (tertiary/aromatic N) is 1. The predicted octanol–water partition coefficient (Wildman–Crippen LogP) is 4.81. The Hall–Kier alpha value is -3.38. The van der Waals surface area contributed by atoms with Gasteiger partial charge in [-0.05, 0) is 29.8 Å². The molecule has 5 rings (SSSR count). The van der Waals surface area contributed by atoms with Crippen LogP contribution >= 0.6 is 11.3 Å². The Kier molecular flexibility index (Phi) is 3.76. The lowest BCUT2D eigenvalue weighted by Crippen LogP contribution is -2.42. The van der Waals surface area contributed by atoms with Gasteiger partial charge in [0.25, 0.3) is 0 Å². The third kappa shape index (κ3) is 2.80. The largest absolute Gasteiger partial charge is 0.467 e. The first kappa shape index (κ1) is 15.8. The molecule has 132 valence electrons. The minimum absolute atomic E-state index is 0.264. The summed E-state index contributed by atoms with van der Waals surface area (Å²) in [7, 11) is 0. The average Bonchev–Trinajstić information content (AvgIpc) is 3.37. The van der Waals surface area contributed by atoms with E-state index in [0.29, 0.717) is 5.76 Å². The molecule has 2 aromatic carbocycles. The number of para-hydroxylation sites is 1. The number of rotatable bonds is 3. The number of hydrogen-bond donors (Lipinski definition) is 2. The van der Waals surface area contributed by atoms with Gasteiger partial charge in [-0.3, -0.25) is 0 Å². The lowest BCUT2D eigenvalue weighted by molar-refractivity contribution is 0.240. The monoisotopic (exact) mass is 373 g/mol. The number of urea groups is 1. The van der Waals surface area contributed by atoms with Crippen LogP contribution in [0.2, 0.25) is 0 Å². The van der Waals surface area contributed by atoms with Gasteiger partial charge in [0.15, 0.2) is 0 Å². The molecular weight excluding hydrogens is 358 g/mol. The van der Waals surface area contributed by atoms with Crippen molar-refractivity contribution in [2.75, 3.05) is 0 Å². The van der Waals surface area contributed by atoms with Gasteiger partial charge in [0, 0.05) is 5.57 Å². The number of carbonyl (C=O) groups is 1. The topological polar surface area (TPSA) is 67.2 Å². The fraction of sp³-hybridized carbons (Fsp3) is 0.0476. The fourth-order valence-electron chi connectivity index (χ4n) is 3.28. The molecule has 4 aromatic rings. The third-order valence-electron chi connectivity index (χ3n) is 4.49. The lowest BCUT2D eigenvalue weighted by atomic mass is 9.97. The summed E-state index contributed by atoms with van der Waals surface area (Å²) >= 11 is 1.60. The van der Waals surface area contributed by atoms with Crippen LogP contribution < -0.4 is 10.6 Å². The maximum Gasteiger partial charge on any atom is 0.320 e. The number of amides is 2. The van der Waals surface area contributed by atoms with Crippen LogP contribution in [0.1, 0.15) is 22.4 Å². The van der Waals surface area contributed by atoms with Crippen LogP contribution in [0.3, 0.4) is 0 Å². The Bertz CT molecular complexity index is 1110. The molecule has 1 aliphatic heterocycles. The Labute approximate surface area is 159 Å². The molecule has 1 unspecified atom stereocenters. The van der Waals surface area contributed by atoms with E-state index in [0.717, 1.165) is 32.1 Å². The van der Waals surface area contributed by atoms with E-state index in [2.05, 4.69) is 16.7 Å². The van der Waals surface area contributed by atoms with Crippen LogP contribution in [0.25, 0.3) is 21.5 Å². The van der Waals surface area contributed by atoms with Crippen LogP contribution in [-0.4, -0.2) is 11.0 Å². The number of furan rings is 1. The van der Waals surface area contributed by atoms with Crippen LogP contribution in [-0.2, 0) is 0 Å². The Balaban J connectivity index is 1.78. The molecule has 1 aliphatic rings. The van der Waals surface area contributed by atoms with Gasteiger partial charge in [-0.25, -0.2) is 9.78 Å². The zero-order chi connectivity index (χ0) is 18.2. The first-order valence-electron chi connectivity index (χ1n) is 8.56. The molecule has 2 amide bonds. The van der Waals surface area contributed by atoms with E-state index < -0.39 is 6.04 Å². The molecule has 0 aliphatic carbocycles. The highest BCUT2D eigenvalue weighted by Crippen LogP contribution is 2.40. The van der Waals surface area contributed by atoms with Crippen LogP contribution in [0.4, 0.5) is 4.79 Å². The van der Waals surface area contributed by atoms with E-state index in [-0.39, 0.29) is 6.03 Å². The van der Waals surface area contributed by atoms with E-state index in [1.54, 1.807) is 17.6 Å². The summed E-state index contributed by atoms with van der Waals surface area (Å²) in [6.45, 7) is 0. The van der Waals surface area contributed by atoms with E-state index in [1.165, 1.54) is 0 Å². The predicted molar refractivity (Wildman–Crippen MR) is 106 cm³/mol. The number of benzene rings is 2. The van der Waals surface area contributed by atoms with Crippen molar-refractivity contribution in [1.29, 1.82) is 0 Å². The number of aromatic nitrogens is 1. The van der Waals surface area contributed by atoms with E-state index in [1.807, 2.05) is 60.7 Å². The molecule has 2 N–H and O–H groups in total. The second-order valence-electron chi connectivity index (χ2n) is 6.19. The molecule has 3 heterocycles.